The monoisotopic (exact) mass is 327 g/mol. The molecule has 0 aliphatic heterocycles. The molecule has 4 nitrogen and oxygen atoms in total. The Bertz CT molecular complexity index is 777. The van der Waals surface area contributed by atoms with Crippen LogP contribution in [0.1, 0.15) is 17.2 Å². The van der Waals surface area contributed by atoms with E-state index in [-0.39, 0.29) is 11.9 Å². The molecule has 0 fully saturated rings. The summed E-state index contributed by atoms with van der Waals surface area (Å²) in [6, 6.07) is 10.4. The van der Waals surface area contributed by atoms with E-state index in [2.05, 4.69) is 32.0 Å². The van der Waals surface area contributed by atoms with Crippen LogP contribution >= 0.6 is 11.3 Å². The minimum Gasteiger partial charge on any atom is -0.361 e. The van der Waals surface area contributed by atoms with Crippen molar-refractivity contribution in [2.75, 3.05) is 20.6 Å². The number of aromatic nitrogens is 1. The molecule has 1 atom stereocenters. The molecular weight excluding hydrogens is 306 g/mol. The summed E-state index contributed by atoms with van der Waals surface area (Å²) in [7, 11) is 4.07. The SMILES string of the molecule is CN(C)C(CNC(=O)Cc1c[nH]c2ccccc12)c1ccsc1. The van der Waals surface area contributed by atoms with Crippen molar-refractivity contribution in [3.8, 4) is 0 Å². The van der Waals surface area contributed by atoms with Crippen molar-refractivity contribution in [2.45, 2.75) is 12.5 Å². The molecule has 5 heteroatoms. The third-order valence-electron chi connectivity index (χ3n) is 4.07. The lowest BCUT2D eigenvalue weighted by molar-refractivity contribution is -0.120. The number of fused-ring (bicyclic) bond motifs is 1. The number of carbonyl (C=O) groups excluding carboxylic acids is 1. The Hall–Kier alpha value is -2.11. The van der Waals surface area contributed by atoms with Gasteiger partial charge in [0, 0.05) is 23.6 Å². The van der Waals surface area contributed by atoms with Crippen LogP contribution in [0.2, 0.25) is 0 Å². The molecule has 3 aromatic rings. The second-order valence-corrected chi connectivity index (χ2v) is 6.66. The summed E-state index contributed by atoms with van der Waals surface area (Å²) in [6.45, 7) is 0.616. The summed E-state index contributed by atoms with van der Waals surface area (Å²) in [5.74, 6) is 0.0526. The number of para-hydroxylation sites is 1. The number of H-pyrrole nitrogens is 1. The van der Waals surface area contributed by atoms with Gasteiger partial charge in [-0.2, -0.15) is 11.3 Å². The van der Waals surface area contributed by atoms with Crippen LogP contribution in [0.3, 0.4) is 0 Å². The smallest absolute Gasteiger partial charge is 0.224 e. The molecule has 3 rings (SSSR count). The number of hydrogen-bond donors (Lipinski definition) is 2. The number of amides is 1. The van der Waals surface area contributed by atoms with E-state index in [1.807, 2.05) is 44.6 Å². The molecule has 2 aromatic heterocycles. The van der Waals surface area contributed by atoms with Crippen molar-refractivity contribution in [1.29, 1.82) is 0 Å². The Morgan fingerprint density at radius 3 is 2.87 bits per heavy atom. The molecule has 120 valence electrons. The van der Waals surface area contributed by atoms with Gasteiger partial charge in [-0.1, -0.05) is 18.2 Å². The number of benzene rings is 1. The fourth-order valence-electron chi connectivity index (χ4n) is 2.79. The van der Waals surface area contributed by atoms with Gasteiger partial charge in [0.15, 0.2) is 0 Å². The van der Waals surface area contributed by atoms with Crippen molar-refractivity contribution < 1.29 is 4.79 Å². The Kier molecular flexibility index (Phi) is 4.79. The minimum atomic E-state index is 0.0526. The van der Waals surface area contributed by atoms with Crippen molar-refractivity contribution in [2.24, 2.45) is 0 Å². The van der Waals surface area contributed by atoms with E-state index in [1.165, 1.54) is 5.56 Å². The molecule has 0 radical (unpaired) electrons. The quantitative estimate of drug-likeness (QED) is 0.730. The van der Waals surface area contributed by atoms with E-state index >= 15 is 0 Å². The number of nitrogens with zero attached hydrogens (tertiary/aromatic N) is 1. The lowest BCUT2D eigenvalue weighted by Gasteiger charge is -2.24. The van der Waals surface area contributed by atoms with Crippen molar-refractivity contribution in [1.82, 2.24) is 15.2 Å². The maximum atomic E-state index is 12.3. The van der Waals surface area contributed by atoms with Gasteiger partial charge in [-0.3, -0.25) is 4.79 Å². The number of aromatic amines is 1. The topological polar surface area (TPSA) is 48.1 Å². The Labute approximate surface area is 140 Å². The molecule has 0 spiro atoms. The van der Waals surface area contributed by atoms with Crippen LogP contribution in [-0.2, 0) is 11.2 Å². The van der Waals surface area contributed by atoms with Crippen molar-refractivity contribution in [3.63, 3.8) is 0 Å². The third kappa shape index (κ3) is 3.63. The van der Waals surface area contributed by atoms with Gasteiger partial charge in [0.1, 0.15) is 0 Å². The molecular formula is C18H21N3OS. The first-order valence-corrected chi connectivity index (χ1v) is 8.59. The predicted molar refractivity (Wildman–Crippen MR) is 95.8 cm³/mol. The van der Waals surface area contributed by atoms with E-state index in [0.29, 0.717) is 13.0 Å². The first-order chi connectivity index (χ1) is 11.1. The number of nitrogens with one attached hydrogen (secondary N) is 2. The van der Waals surface area contributed by atoms with Crippen LogP contribution in [0, 0.1) is 0 Å². The van der Waals surface area contributed by atoms with Gasteiger partial charge in [-0.15, -0.1) is 0 Å². The maximum Gasteiger partial charge on any atom is 0.224 e. The van der Waals surface area contributed by atoms with E-state index in [1.54, 1.807) is 11.3 Å². The number of rotatable bonds is 6. The molecule has 0 saturated carbocycles. The zero-order valence-electron chi connectivity index (χ0n) is 13.4. The van der Waals surface area contributed by atoms with Crippen molar-refractivity contribution >= 4 is 28.1 Å². The fraction of sp³-hybridized carbons (Fsp3) is 0.278. The summed E-state index contributed by atoms with van der Waals surface area (Å²) < 4.78 is 0. The summed E-state index contributed by atoms with van der Waals surface area (Å²) in [5.41, 5.74) is 3.35. The van der Waals surface area contributed by atoms with Gasteiger partial charge >= 0.3 is 0 Å². The van der Waals surface area contributed by atoms with E-state index in [0.717, 1.165) is 16.5 Å². The normalized spacial score (nSPS) is 12.7. The van der Waals surface area contributed by atoms with Crippen LogP contribution in [0.4, 0.5) is 0 Å². The molecule has 1 aromatic carbocycles. The zero-order chi connectivity index (χ0) is 16.2. The molecule has 0 saturated heterocycles. The first kappa shape index (κ1) is 15.8. The maximum absolute atomic E-state index is 12.3. The largest absolute Gasteiger partial charge is 0.361 e. The standard InChI is InChI=1S/C18H21N3OS/c1-21(2)17(13-7-8-23-12-13)11-20-18(22)9-14-10-19-16-6-4-3-5-15(14)16/h3-8,10,12,17,19H,9,11H2,1-2H3,(H,20,22). The molecule has 0 aliphatic rings. The lowest BCUT2D eigenvalue weighted by Crippen LogP contribution is -2.35. The number of hydrogen-bond acceptors (Lipinski definition) is 3. The van der Waals surface area contributed by atoms with E-state index in [4.69, 9.17) is 0 Å². The van der Waals surface area contributed by atoms with Gasteiger partial charge in [0.2, 0.25) is 5.91 Å². The highest BCUT2D eigenvalue weighted by molar-refractivity contribution is 7.07. The van der Waals surface area contributed by atoms with Crippen molar-refractivity contribution in [3.05, 3.63) is 58.4 Å². The van der Waals surface area contributed by atoms with Crippen LogP contribution in [0.25, 0.3) is 10.9 Å². The Balaban J connectivity index is 1.63. The minimum absolute atomic E-state index is 0.0526. The molecule has 2 heterocycles. The van der Waals surface area contributed by atoms with Crippen LogP contribution in [-0.4, -0.2) is 36.4 Å². The number of carbonyl (C=O) groups is 1. The highest BCUT2D eigenvalue weighted by Crippen LogP contribution is 2.21. The summed E-state index contributed by atoms with van der Waals surface area (Å²) >= 11 is 1.68. The van der Waals surface area contributed by atoms with Gasteiger partial charge < -0.3 is 15.2 Å². The first-order valence-electron chi connectivity index (χ1n) is 7.65. The van der Waals surface area contributed by atoms with Gasteiger partial charge in [0.25, 0.3) is 0 Å². The van der Waals surface area contributed by atoms with Crippen LogP contribution in [0.5, 0.6) is 0 Å². The molecule has 1 amide bonds. The fourth-order valence-corrected chi connectivity index (χ4v) is 3.49. The van der Waals surface area contributed by atoms with Crippen LogP contribution < -0.4 is 5.32 Å². The molecule has 0 bridgehead atoms. The summed E-state index contributed by atoms with van der Waals surface area (Å²) in [6.07, 6.45) is 2.32. The number of thiophene rings is 1. The molecule has 23 heavy (non-hydrogen) atoms. The molecule has 1 unspecified atom stereocenters. The summed E-state index contributed by atoms with van der Waals surface area (Å²) in [4.78, 5) is 17.7. The summed E-state index contributed by atoms with van der Waals surface area (Å²) in [5, 5.41) is 8.39. The van der Waals surface area contributed by atoms with Gasteiger partial charge in [-0.05, 0) is 48.1 Å². The zero-order valence-corrected chi connectivity index (χ0v) is 14.2. The highest BCUT2D eigenvalue weighted by atomic mass is 32.1. The average molecular weight is 327 g/mol. The predicted octanol–water partition coefficient (Wildman–Crippen LogP) is 3.19. The van der Waals surface area contributed by atoms with Gasteiger partial charge in [-0.25, -0.2) is 0 Å². The number of likely N-dealkylation sites (N-methyl/N-ethyl adjacent to an activating group) is 1. The van der Waals surface area contributed by atoms with Gasteiger partial charge in [0.05, 0.1) is 12.5 Å². The van der Waals surface area contributed by atoms with E-state index < -0.39 is 0 Å². The Morgan fingerprint density at radius 2 is 2.13 bits per heavy atom. The van der Waals surface area contributed by atoms with E-state index in [9.17, 15) is 4.79 Å². The highest BCUT2D eigenvalue weighted by Gasteiger charge is 2.16. The Morgan fingerprint density at radius 1 is 1.30 bits per heavy atom. The van der Waals surface area contributed by atoms with Crippen LogP contribution in [0.15, 0.2) is 47.3 Å². The lowest BCUT2D eigenvalue weighted by atomic mass is 10.1. The second-order valence-electron chi connectivity index (χ2n) is 5.88. The molecule has 0 aliphatic carbocycles. The second kappa shape index (κ2) is 6.98. The third-order valence-corrected chi connectivity index (χ3v) is 4.77. The molecule has 2 N–H and O–H groups in total. The average Bonchev–Trinajstić information content (AvgIpc) is 3.18.